The van der Waals surface area contributed by atoms with Gasteiger partial charge in [0.25, 0.3) is 0 Å². The summed E-state index contributed by atoms with van der Waals surface area (Å²) in [5.41, 5.74) is 1.48. The zero-order valence-corrected chi connectivity index (χ0v) is 13.3. The number of benzene rings is 1. The number of carbonyl (C=O) groups is 3. The number of nitrogens with one attached hydrogen (secondary N) is 3. The van der Waals surface area contributed by atoms with Gasteiger partial charge in [-0.05, 0) is 38.1 Å². The van der Waals surface area contributed by atoms with Gasteiger partial charge < -0.3 is 15.5 Å². The van der Waals surface area contributed by atoms with Crippen LogP contribution in [0, 0.1) is 0 Å². The lowest BCUT2D eigenvalue weighted by molar-refractivity contribution is -0.120. The van der Waals surface area contributed by atoms with E-state index in [-0.39, 0.29) is 5.91 Å². The second-order valence-electron chi connectivity index (χ2n) is 4.84. The Bertz CT molecular complexity index is 542. The van der Waals surface area contributed by atoms with Crippen molar-refractivity contribution in [3.05, 3.63) is 24.3 Å². The fourth-order valence-corrected chi connectivity index (χ4v) is 1.70. The third-order valence-electron chi connectivity index (χ3n) is 3.08. The van der Waals surface area contributed by atoms with Crippen molar-refractivity contribution in [2.45, 2.75) is 26.8 Å². The molecule has 0 fully saturated rings. The van der Waals surface area contributed by atoms with E-state index in [4.69, 9.17) is 0 Å². The number of anilines is 2. The second kappa shape index (κ2) is 8.02. The van der Waals surface area contributed by atoms with Gasteiger partial charge in [-0.1, -0.05) is 0 Å². The molecule has 7 nitrogen and oxygen atoms in total. The lowest BCUT2D eigenvalue weighted by atomic mass is 10.2. The maximum absolute atomic E-state index is 11.8. The largest absolute Gasteiger partial charge is 0.374 e. The highest BCUT2D eigenvalue weighted by Gasteiger charge is 2.15. The van der Waals surface area contributed by atoms with Gasteiger partial charge in [-0.2, -0.15) is 0 Å². The molecule has 1 atom stereocenters. The molecule has 0 radical (unpaired) electrons. The summed E-state index contributed by atoms with van der Waals surface area (Å²) in [5.74, 6) is -0.480. The van der Waals surface area contributed by atoms with Crippen molar-refractivity contribution < 1.29 is 14.4 Å². The molecule has 0 aromatic heterocycles. The molecule has 0 aliphatic rings. The average molecular weight is 306 g/mol. The molecule has 4 amide bonds. The molecule has 0 spiro atoms. The Morgan fingerprint density at radius 2 is 1.77 bits per heavy atom. The summed E-state index contributed by atoms with van der Waals surface area (Å²) in [4.78, 5) is 35.9. The highest BCUT2D eigenvalue weighted by Crippen LogP contribution is 2.17. The maximum Gasteiger partial charge on any atom is 0.321 e. The van der Waals surface area contributed by atoms with Crippen LogP contribution in [-0.4, -0.2) is 37.5 Å². The first-order valence-electron chi connectivity index (χ1n) is 7.04. The fourth-order valence-electron chi connectivity index (χ4n) is 1.70. The molecule has 7 heteroatoms. The molecular formula is C15H22N4O3. The molecule has 0 saturated heterocycles. The molecule has 3 N–H and O–H groups in total. The Kier molecular flexibility index (Phi) is 6.37. The van der Waals surface area contributed by atoms with Crippen LogP contribution in [-0.2, 0) is 9.59 Å². The first-order chi connectivity index (χ1) is 10.3. The number of urea groups is 1. The highest BCUT2D eigenvalue weighted by molar-refractivity contribution is 5.98. The first kappa shape index (κ1) is 17.5. The molecule has 1 aromatic carbocycles. The van der Waals surface area contributed by atoms with Gasteiger partial charge in [0.1, 0.15) is 6.04 Å². The monoisotopic (exact) mass is 306 g/mol. The van der Waals surface area contributed by atoms with Crippen molar-refractivity contribution in [3.8, 4) is 0 Å². The molecule has 120 valence electrons. The van der Waals surface area contributed by atoms with E-state index < -0.39 is 18.0 Å². The van der Waals surface area contributed by atoms with E-state index in [1.54, 1.807) is 45.2 Å². The zero-order valence-electron chi connectivity index (χ0n) is 13.3. The summed E-state index contributed by atoms with van der Waals surface area (Å²) in [6, 6.07) is 6.00. The Labute approximate surface area is 130 Å². The third-order valence-corrected chi connectivity index (χ3v) is 3.08. The number of hydrogen-bond donors (Lipinski definition) is 3. The van der Waals surface area contributed by atoms with Crippen LogP contribution >= 0.6 is 0 Å². The van der Waals surface area contributed by atoms with Gasteiger partial charge in [-0.3, -0.25) is 14.9 Å². The van der Waals surface area contributed by atoms with Crippen molar-refractivity contribution in [1.29, 1.82) is 0 Å². The van der Waals surface area contributed by atoms with Crippen LogP contribution in [0.3, 0.4) is 0 Å². The molecule has 0 aliphatic heterocycles. The van der Waals surface area contributed by atoms with Gasteiger partial charge in [-0.15, -0.1) is 0 Å². The summed E-state index contributed by atoms with van der Waals surface area (Å²) in [6.45, 7) is 5.36. The molecule has 1 aromatic rings. The number of hydrogen-bond acceptors (Lipinski definition) is 4. The standard InChI is InChI=1S/C15H22N4O3/c1-5-16-15(22)18-14(21)10(2)17-12-6-8-13(9-7-12)19(4)11(3)20/h6-10,17H,5H2,1-4H3,(H2,16,18,21,22). The minimum Gasteiger partial charge on any atom is -0.374 e. The number of amides is 4. The van der Waals surface area contributed by atoms with Gasteiger partial charge in [0, 0.05) is 31.9 Å². The predicted molar refractivity (Wildman–Crippen MR) is 85.8 cm³/mol. The van der Waals surface area contributed by atoms with Crippen LogP contribution in [0.5, 0.6) is 0 Å². The fraction of sp³-hybridized carbons (Fsp3) is 0.400. The number of nitrogens with zero attached hydrogens (tertiary/aromatic N) is 1. The lowest BCUT2D eigenvalue weighted by Crippen LogP contribution is -2.45. The van der Waals surface area contributed by atoms with E-state index in [0.29, 0.717) is 6.54 Å². The van der Waals surface area contributed by atoms with Crippen molar-refractivity contribution in [3.63, 3.8) is 0 Å². The van der Waals surface area contributed by atoms with Gasteiger partial charge in [0.2, 0.25) is 11.8 Å². The average Bonchev–Trinajstić information content (AvgIpc) is 2.47. The predicted octanol–water partition coefficient (Wildman–Crippen LogP) is 1.32. The van der Waals surface area contributed by atoms with E-state index >= 15 is 0 Å². The molecule has 22 heavy (non-hydrogen) atoms. The number of imide groups is 1. The topological polar surface area (TPSA) is 90.5 Å². The first-order valence-corrected chi connectivity index (χ1v) is 7.04. The van der Waals surface area contributed by atoms with Crippen LogP contribution in [0.15, 0.2) is 24.3 Å². The zero-order chi connectivity index (χ0) is 16.7. The van der Waals surface area contributed by atoms with Crippen LogP contribution in [0.2, 0.25) is 0 Å². The summed E-state index contributed by atoms with van der Waals surface area (Å²) < 4.78 is 0. The number of carbonyl (C=O) groups excluding carboxylic acids is 3. The molecule has 0 saturated carbocycles. The molecule has 0 bridgehead atoms. The van der Waals surface area contributed by atoms with Crippen LogP contribution in [0.1, 0.15) is 20.8 Å². The van der Waals surface area contributed by atoms with Crippen molar-refractivity contribution >= 4 is 29.2 Å². The quantitative estimate of drug-likeness (QED) is 0.765. The minimum absolute atomic E-state index is 0.0598. The Balaban J connectivity index is 2.61. The van der Waals surface area contributed by atoms with Gasteiger partial charge in [0.05, 0.1) is 0 Å². The van der Waals surface area contributed by atoms with Crippen LogP contribution in [0.25, 0.3) is 0 Å². The molecule has 1 unspecified atom stereocenters. The summed E-state index contributed by atoms with van der Waals surface area (Å²) >= 11 is 0. The molecule has 0 heterocycles. The summed E-state index contributed by atoms with van der Waals surface area (Å²) in [7, 11) is 1.69. The van der Waals surface area contributed by atoms with E-state index in [2.05, 4.69) is 16.0 Å². The second-order valence-corrected chi connectivity index (χ2v) is 4.84. The minimum atomic E-state index is -0.570. The van der Waals surface area contributed by atoms with E-state index in [9.17, 15) is 14.4 Å². The normalized spacial score (nSPS) is 11.3. The highest BCUT2D eigenvalue weighted by atomic mass is 16.2. The van der Waals surface area contributed by atoms with Crippen molar-refractivity contribution in [2.24, 2.45) is 0 Å². The van der Waals surface area contributed by atoms with Crippen molar-refractivity contribution in [2.75, 3.05) is 23.8 Å². The Morgan fingerprint density at radius 3 is 2.27 bits per heavy atom. The van der Waals surface area contributed by atoms with Gasteiger partial charge >= 0.3 is 6.03 Å². The van der Waals surface area contributed by atoms with Gasteiger partial charge in [0.15, 0.2) is 0 Å². The van der Waals surface area contributed by atoms with E-state index in [0.717, 1.165) is 11.4 Å². The Hall–Kier alpha value is -2.57. The third kappa shape index (κ3) is 5.08. The maximum atomic E-state index is 11.8. The van der Waals surface area contributed by atoms with E-state index in [1.165, 1.54) is 11.8 Å². The lowest BCUT2D eigenvalue weighted by Gasteiger charge is -2.17. The molecule has 1 rings (SSSR count). The number of rotatable bonds is 5. The van der Waals surface area contributed by atoms with Crippen LogP contribution < -0.4 is 20.9 Å². The summed E-state index contributed by atoms with van der Waals surface area (Å²) in [6.07, 6.45) is 0. The van der Waals surface area contributed by atoms with E-state index in [1.807, 2.05) is 0 Å². The van der Waals surface area contributed by atoms with Crippen molar-refractivity contribution in [1.82, 2.24) is 10.6 Å². The molecule has 0 aliphatic carbocycles. The SMILES string of the molecule is CCNC(=O)NC(=O)C(C)Nc1ccc(N(C)C(C)=O)cc1. The van der Waals surface area contributed by atoms with Gasteiger partial charge in [-0.25, -0.2) is 4.79 Å². The Morgan fingerprint density at radius 1 is 1.18 bits per heavy atom. The van der Waals surface area contributed by atoms with Crippen LogP contribution in [0.4, 0.5) is 16.2 Å². The smallest absolute Gasteiger partial charge is 0.321 e. The molecular weight excluding hydrogens is 284 g/mol. The summed E-state index contributed by atoms with van der Waals surface area (Å²) in [5, 5.41) is 7.72.